The second-order valence-electron chi connectivity index (χ2n) is 20.7. The predicted octanol–water partition coefficient (Wildman–Crippen LogP) is 10.7. The van der Waals surface area contributed by atoms with Crippen molar-refractivity contribution >= 4 is 24.1 Å². The van der Waals surface area contributed by atoms with Crippen molar-refractivity contribution in [1.82, 2.24) is 9.46 Å². The standard InChI is InChI=1S/C61H72N3O16P3/c1-2-19-51(20-3-1)75-64-82(76-57-21-9-4-14-46(57)26-31-65-36-52-41-70-52,77-58-22-10-5-15-47(58)27-32-66-37-53-42-71-53)62-81-63-83(64,78-59-23-11-6-16-48(59)28-33-67-38-54-43-72-54,79-60-24-12-7-17-49(60)29-34-68-39-55-44-73-55)80-61-25-13-8-18-50(61)30-35-69-40-56-45-74-56/h1-25,52-56,63,81H,26-45H2. The van der Waals surface area contributed by atoms with Gasteiger partial charge in [0.05, 0.1) is 0 Å². The van der Waals surface area contributed by atoms with Crippen molar-refractivity contribution in [1.29, 1.82) is 0 Å². The molecular weight excluding hydrogens is 1120 g/mol. The molecule has 6 aromatic rings. The molecule has 0 spiro atoms. The quantitative estimate of drug-likeness (QED) is 0.0220. The third-order valence-electron chi connectivity index (χ3n) is 14.0. The van der Waals surface area contributed by atoms with Gasteiger partial charge in [-0.3, -0.25) is 0 Å². The maximum atomic E-state index is 8.04. The second-order valence-corrected chi connectivity index (χ2v) is 27.2. The number of hydrogen-bond donors (Lipinski definition) is 1. The number of nitrogens with one attached hydrogen (secondary N) is 1. The van der Waals surface area contributed by atoms with Gasteiger partial charge in [-0.15, -0.1) is 0 Å². The Kier molecular flexibility index (Phi) is 19.5. The molecule has 0 bridgehead atoms. The zero-order valence-corrected chi connectivity index (χ0v) is 49.1. The van der Waals surface area contributed by atoms with Crippen LogP contribution in [-0.4, -0.2) is 134 Å². The average molecular weight is 1200 g/mol. The van der Waals surface area contributed by atoms with Crippen LogP contribution in [0.2, 0.25) is 0 Å². The van der Waals surface area contributed by atoms with Crippen LogP contribution in [0.25, 0.3) is 0 Å². The molecule has 6 aromatic carbocycles. The van der Waals surface area contributed by atoms with Crippen molar-refractivity contribution in [3.8, 4) is 34.5 Å². The van der Waals surface area contributed by atoms with Crippen molar-refractivity contribution in [2.45, 2.75) is 62.6 Å². The van der Waals surface area contributed by atoms with E-state index in [9.17, 15) is 0 Å². The molecule has 0 saturated carbocycles. The van der Waals surface area contributed by atoms with Crippen LogP contribution in [0.4, 0.5) is 0 Å². The van der Waals surface area contributed by atoms with Crippen LogP contribution in [-0.2, 0) is 79.5 Å². The fourth-order valence-electron chi connectivity index (χ4n) is 9.08. The Morgan fingerprint density at radius 3 is 1.02 bits per heavy atom. The number of rotatable bonds is 37. The van der Waals surface area contributed by atoms with Gasteiger partial charge in [0.25, 0.3) is 0 Å². The first kappa shape index (κ1) is 58.1. The van der Waals surface area contributed by atoms with Gasteiger partial charge in [-0.2, -0.15) is 0 Å². The Hall–Kier alpha value is -5.27. The second kappa shape index (κ2) is 27.8. The van der Waals surface area contributed by atoms with E-state index in [0.717, 1.165) is 27.8 Å². The first-order valence-electron chi connectivity index (χ1n) is 28.5. The summed E-state index contributed by atoms with van der Waals surface area (Å²) in [6.07, 6.45) is 2.80. The zero-order chi connectivity index (χ0) is 56.0. The van der Waals surface area contributed by atoms with Gasteiger partial charge in [-0.25, -0.2) is 0 Å². The summed E-state index contributed by atoms with van der Waals surface area (Å²) < 4.78 is 105. The third kappa shape index (κ3) is 16.2. The fourth-order valence-corrected chi connectivity index (χ4v) is 18.6. The van der Waals surface area contributed by atoms with Gasteiger partial charge in [0.2, 0.25) is 0 Å². The van der Waals surface area contributed by atoms with Gasteiger partial charge >= 0.3 is 489 Å². The summed E-state index contributed by atoms with van der Waals surface area (Å²) >= 11 is 0. The fraction of sp³-hybridized carbons (Fsp3) is 0.410. The van der Waals surface area contributed by atoms with E-state index in [1.54, 1.807) is 0 Å². The molecule has 6 aliphatic rings. The normalized spacial score (nSPS) is 24.1. The third-order valence-corrected chi connectivity index (χ3v) is 22.6. The van der Waals surface area contributed by atoms with E-state index in [1.165, 1.54) is 4.60 Å². The summed E-state index contributed by atoms with van der Waals surface area (Å²) in [5, 5.41) is 0. The van der Waals surface area contributed by atoms with Crippen LogP contribution in [0.15, 0.2) is 156 Å². The molecule has 22 heteroatoms. The van der Waals surface area contributed by atoms with E-state index in [1.807, 2.05) is 152 Å². The van der Waals surface area contributed by atoms with Crippen LogP contribution < -0.4 is 32.3 Å². The van der Waals surface area contributed by atoms with Crippen molar-refractivity contribution < 1.29 is 74.8 Å². The van der Waals surface area contributed by atoms with Crippen LogP contribution in [0, 0.1) is 0 Å². The van der Waals surface area contributed by atoms with E-state index in [2.05, 4.69) is 4.86 Å². The SMILES string of the molecule is c1ccc(ON2P(Oc3ccccc3CCOCC3CO3)(Oc3ccccc3CCOCC3CO3)=NPNP2(Oc2ccccc2CCOCC2CO2)(Oc2ccccc2CCOCC2CO2)Oc2ccccc2CCOCC2CO2)cc1. The summed E-state index contributed by atoms with van der Waals surface area (Å²) in [7, 11) is -10.8. The van der Waals surface area contributed by atoms with Gasteiger partial charge < -0.3 is 0 Å². The maximum absolute atomic E-state index is 8.04. The van der Waals surface area contributed by atoms with Gasteiger partial charge in [-0.1, -0.05) is 0 Å². The molecule has 6 atom stereocenters. The van der Waals surface area contributed by atoms with Crippen molar-refractivity contribution in [3.63, 3.8) is 0 Å². The molecule has 0 amide bonds. The molecule has 6 heterocycles. The molecule has 5 saturated heterocycles. The summed E-state index contributed by atoms with van der Waals surface area (Å²) in [5.74, 6) is 2.57. The van der Waals surface area contributed by atoms with E-state index >= 15 is 0 Å². The molecule has 0 radical (unpaired) electrons. The summed E-state index contributed by atoms with van der Waals surface area (Å²) in [6, 6.07) is 48.5. The number of hydrogen-bond acceptors (Lipinski definition) is 19. The van der Waals surface area contributed by atoms with Crippen LogP contribution in [0.5, 0.6) is 34.5 Å². The van der Waals surface area contributed by atoms with Crippen molar-refractivity contribution in [2.75, 3.05) is 99.1 Å². The number of nitrogens with zero attached hydrogens (tertiary/aromatic N) is 2. The topological polar surface area (TPSA) is 192 Å². The Balaban J connectivity index is 1.06. The summed E-state index contributed by atoms with van der Waals surface area (Å²) in [5.41, 5.74) is 4.07. The monoisotopic (exact) mass is 1200 g/mol. The minimum absolute atomic E-state index is 0.0868. The number of epoxide rings is 5. The molecule has 19 nitrogen and oxygen atoms in total. The van der Waals surface area contributed by atoms with Crippen molar-refractivity contribution in [3.05, 3.63) is 179 Å². The molecule has 5 fully saturated rings. The van der Waals surface area contributed by atoms with Gasteiger partial charge in [0, 0.05) is 0 Å². The predicted molar refractivity (Wildman–Crippen MR) is 313 cm³/mol. The van der Waals surface area contributed by atoms with Gasteiger partial charge in [0.1, 0.15) is 0 Å². The Bertz CT molecular complexity index is 2880. The van der Waals surface area contributed by atoms with Gasteiger partial charge in [-0.05, 0) is 0 Å². The minimum atomic E-state index is -5.83. The number of benzene rings is 6. The Morgan fingerprint density at radius 1 is 0.410 bits per heavy atom. The Morgan fingerprint density at radius 2 is 0.699 bits per heavy atom. The first-order chi connectivity index (χ1) is 41.0. The molecule has 1 N–H and O–H groups in total. The molecule has 442 valence electrons. The number of para-hydroxylation sites is 6. The van der Waals surface area contributed by atoms with Crippen LogP contribution >= 0.6 is 24.1 Å². The molecule has 6 unspecified atom stereocenters. The zero-order valence-electron chi connectivity index (χ0n) is 46.3. The molecule has 0 aromatic heterocycles. The molecular formula is C61H72N3O16P3. The van der Waals surface area contributed by atoms with Crippen LogP contribution in [0.3, 0.4) is 0 Å². The Labute approximate surface area is 486 Å². The van der Waals surface area contributed by atoms with E-state index < -0.39 is 24.1 Å². The molecule has 83 heavy (non-hydrogen) atoms. The first-order valence-corrected chi connectivity index (χ1v) is 32.9. The molecule has 0 aliphatic carbocycles. The summed E-state index contributed by atoms with van der Waals surface area (Å²) in [6.45, 7) is 7.77. The summed E-state index contributed by atoms with van der Waals surface area (Å²) in [4.78, 5) is 11.4. The number of ether oxygens (including phenoxy) is 10. The van der Waals surface area contributed by atoms with E-state index in [-0.39, 0.29) is 30.5 Å². The van der Waals surface area contributed by atoms with E-state index in [0.29, 0.717) is 166 Å². The molecule has 6 aliphatic heterocycles. The average Bonchev–Trinajstić information content (AvgIpc) is 1.99. The molecule has 12 rings (SSSR count). The van der Waals surface area contributed by atoms with E-state index in [4.69, 9.17) is 79.3 Å². The van der Waals surface area contributed by atoms with Crippen LogP contribution in [0.1, 0.15) is 27.8 Å². The van der Waals surface area contributed by atoms with Gasteiger partial charge in [0.15, 0.2) is 0 Å². The van der Waals surface area contributed by atoms with Crippen molar-refractivity contribution in [2.24, 2.45) is 4.52 Å².